The highest BCUT2D eigenvalue weighted by molar-refractivity contribution is 7.47. The lowest BCUT2D eigenvalue weighted by Crippen LogP contribution is -2.30. The molecular formula is C48H84O16P2. The number of aliphatic hydroxyl groups excluding tert-OH is 4. The van der Waals surface area contributed by atoms with Gasteiger partial charge < -0.3 is 44.6 Å². The third kappa shape index (κ3) is 34.9. The van der Waals surface area contributed by atoms with Crippen LogP contribution in [0, 0.1) is 11.8 Å². The van der Waals surface area contributed by atoms with E-state index in [9.17, 15) is 44.0 Å². The van der Waals surface area contributed by atoms with Crippen LogP contribution < -0.4 is 0 Å². The molecule has 0 amide bonds. The highest BCUT2D eigenvalue weighted by Crippen LogP contribution is 2.44. The van der Waals surface area contributed by atoms with Gasteiger partial charge in [-0.1, -0.05) is 132 Å². The quantitative estimate of drug-likeness (QED) is 0.0130. The third-order valence-electron chi connectivity index (χ3n) is 11.0. The van der Waals surface area contributed by atoms with Crippen molar-refractivity contribution in [1.29, 1.82) is 0 Å². The second-order valence-corrected chi connectivity index (χ2v) is 19.7. The van der Waals surface area contributed by atoms with Crippen molar-refractivity contribution >= 4 is 27.6 Å². The summed E-state index contributed by atoms with van der Waals surface area (Å²) in [6.07, 6.45) is 34.1. The zero-order valence-electron chi connectivity index (χ0n) is 39.6. The second kappa shape index (κ2) is 38.5. The second-order valence-electron chi connectivity index (χ2n) is 17.0. The summed E-state index contributed by atoms with van der Waals surface area (Å²) in [6, 6.07) is 0. The molecule has 0 aromatic heterocycles. The van der Waals surface area contributed by atoms with Gasteiger partial charge in [0.15, 0.2) is 6.10 Å². The van der Waals surface area contributed by atoms with Crippen molar-refractivity contribution in [2.75, 3.05) is 26.4 Å². The number of carbonyl (C=O) groups is 2. The number of ether oxygens (including phenoxy) is 2. The van der Waals surface area contributed by atoms with Crippen molar-refractivity contribution < 1.29 is 76.9 Å². The fraction of sp³-hybridized carbons (Fsp3) is 0.750. The van der Waals surface area contributed by atoms with Gasteiger partial charge in [0, 0.05) is 25.2 Å². The van der Waals surface area contributed by atoms with Crippen molar-refractivity contribution in [3.63, 3.8) is 0 Å². The average molecular weight is 979 g/mol. The molecule has 382 valence electrons. The Labute approximate surface area is 394 Å². The molecule has 66 heavy (non-hydrogen) atoms. The Hall–Kier alpha value is -2.30. The summed E-state index contributed by atoms with van der Waals surface area (Å²) in [6.45, 7) is 1.36. The number of aliphatic hydroxyl groups is 4. The summed E-state index contributed by atoms with van der Waals surface area (Å²) in [5.41, 5.74) is 0. The number of allylic oxidation sites excluding steroid dienone is 8. The van der Waals surface area contributed by atoms with E-state index >= 15 is 0 Å². The summed E-state index contributed by atoms with van der Waals surface area (Å²) in [7, 11) is -9.78. The van der Waals surface area contributed by atoms with E-state index < -0.39 is 84.5 Å². The molecular weight excluding hydrogens is 894 g/mol. The number of esters is 2. The van der Waals surface area contributed by atoms with Gasteiger partial charge in [0.25, 0.3) is 0 Å². The maximum Gasteiger partial charge on any atom is 0.472 e. The SMILES string of the molecule is CCCCC/C=C\C/C=C\C/C=C\C/C=C\CCCCCC(=O)O[C@H](COC(=O)CCCCCC[C@@H]1[C@@H](/C=C/[C@@H](O)CCCCC)[C@H](O)C[C@@H]1O)COP(=O)(O)OC[C@@H](O)COP(=O)(O)O. The van der Waals surface area contributed by atoms with Gasteiger partial charge in [-0.15, -0.1) is 0 Å². The molecule has 0 saturated heterocycles. The van der Waals surface area contributed by atoms with Crippen LogP contribution >= 0.6 is 15.6 Å². The van der Waals surface area contributed by atoms with Crippen LogP contribution in [-0.4, -0.2) is 104 Å². The zero-order chi connectivity index (χ0) is 48.9. The predicted octanol–water partition coefficient (Wildman–Crippen LogP) is 9.17. The third-order valence-corrected chi connectivity index (χ3v) is 12.4. The van der Waals surface area contributed by atoms with Gasteiger partial charge in [-0.05, 0) is 76.5 Å². The number of unbranched alkanes of at least 4 members (excludes halogenated alkanes) is 11. The van der Waals surface area contributed by atoms with Crippen molar-refractivity contribution in [3.05, 3.63) is 60.8 Å². The number of phosphoric acid groups is 2. The minimum atomic E-state index is -4.90. The molecule has 0 heterocycles. The molecule has 1 saturated carbocycles. The molecule has 16 nitrogen and oxygen atoms in total. The average Bonchev–Trinajstić information content (AvgIpc) is 3.54. The Morgan fingerprint density at radius 1 is 0.621 bits per heavy atom. The normalized spacial score (nSPS) is 20.6. The Balaban J connectivity index is 2.53. The molecule has 1 fully saturated rings. The number of hydrogen-bond acceptors (Lipinski definition) is 13. The number of rotatable bonds is 41. The van der Waals surface area contributed by atoms with Crippen molar-refractivity contribution in [3.8, 4) is 0 Å². The van der Waals surface area contributed by atoms with Crippen LogP contribution in [0.2, 0.25) is 0 Å². The van der Waals surface area contributed by atoms with Crippen LogP contribution in [0.3, 0.4) is 0 Å². The highest BCUT2D eigenvalue weighted by Gasteiger charge is 2.39. The molecule has 0 aromatic rings. The largest absolute Gasteiger partial charge is 0.472 e. The van der Waals surface area contributed by atoms with Crippen LogP contribution in [-0.2, 0) is 41.8 Å². The number of phosphoric ester groups is 2. The molecule has 7 N–H and O–H groups in total. The smallest absolute Gasteiger partial charge is 0.462 e. The maximum absolute atomic E-state index is 12.7. The Morgan fingerprint density at radius 2 is 1.15 bits per heavy atom. The van der Waals surface area contributed by atoms with Gasteiger partial charge in [-0.25, -0.2) is 9.13 Å². The van der Waals surface area contributed by atoms with Gasteiger partial charge >= 0.3 is 27.6 Å². The van der Waals surface area contributed by atoms with Crippen molar-refractivity contribution in [2.45, 2.75) is 192 Å². The molecule has 8 atom stereocenters. The molecule has 0 aromatic carbocycles. The van der Waals surface area contributed by atoms with E-state index in [2.05, 4.69) is 71.5 Å². The lowest BCUT2D eigenvalue weighted by Gasteiger charge is -2.21. The van der Waals surface area contributed by atoms with E-state index in [-0.39, 0.29) is 31.1 Å². The molecule has 0 aliphatic heterocycles. The molecule has 1 unspecified atom stereocenters. The first-order valence-electron chi connectivity index (χ1n) is 24.2. The standard InChI is InChI=1S/C48H84O16P2/c1-3-5-7-8-9-10-11-12-13-14-15-16-17-18-19-20-21-22-28-32-48(54)64-42(39-63-66(58,59)62-37-41(50)36-61-65(55,56)57)38-60-47(53)31-27-24-23-26-30-43-44(46(52)35-45(43)51)34-33-40(49)29-25-6-4-2/h9-10,12-13,15-16,18-19,33-34,40-46,49-52H,3-8,11,14,17,20-32,35-39H2,1-2H3,(H,58,59)(H2,55,56,57)/b10-9-,13-12-,16-15-,19-18-,34-33+/t40-,41-,42+,43+,44+,45-,46+/m0/s1. The van der Waals surface area contributed by atoms with E-state index in [1.54, 1.807) is 6.08 Å². The highest BCUT2D eigenvalue weighted by atomic mass is 31.2. The van der Waals surface area contributed by atoms with E-state index in [1.807, 2.05) is 6.08 Å². The first-order valence-corrected chi connectivity index (χ1v) is 27.3. The first-order chi connectivity index (χ1) is 31.6. The summed E-state index contributed by atoms with van der Waals surface area (Å²) in [5, 5.41) is 41.2. The Bertz CT molecular complexity index is 1510. The summed E-state index contributed by atoms with van der Waals surface area (Å²) in [4.78, 5) is 53.1. The Kier molecular flexibility index (Phi) is 36.0. The van der Waals surface area contributed by atoms with E-state index in [1.165, 1.54) is 19.3 Å². The fourth-order valence-electron chi connectivity index (χ4n) is 7.25. The minimum Gasteiger partial charge on any atom is -0.462 e. The summed E-state index contributed by atoms with van der Waals surface area (Å²) in [5.74, 6) is -1.58. The van der Waals surface area contributed by atoms with Crippen molar-refractivity contribution in [2.24, 2.45) is 11.8 Å². The first kappa shape index (κ1) is 61.7. The topological polar surface area (TPSA) is 256 Å². The molecule has 0 spiro atoms. The zero-order valence-corrected chi connectivity index (χ0v) is 41.4. The minimum absolute atomic E-state index is 0.0486. The van der Waals surface area contributed by atoms with Gasteiger partial charge in [-0.3, -0.25) is 23.2 Å². The van der Waals surface area contributed by atoms with Crippen LogP contribution in [0.25, 0.3) is 0 Å². The van der Waals surface area contributed by atoms with Gasteiger partial charge in [0.05, 0.1) is 38.1 Å². The van der Waals surface area contributed by atoms with Crippen LogP contribution in [0.15, 0.2) is 60.8 Å². The lowest BCUT2D eigenvalue weighted by molar-refractivity contribution is -0.161. The molecule has 1 aliphatic rings. The van der Waals surface area contributed by atoms with Crippen LogP contribution in [0.5, 0.6) is 0 Å². The molecule has 0 bridgehead atoms. The Morgan fingerprint density at radius 3 is 1.77 bits per heavy atom. The van der Waals surface area contributed by atoms with Gasteiger partial charge in [-0.2, -0.15) is 0 Å². The fourth-order valence-corrected chi connectivity index (χ4v) is 8.41. The van der Waals surface area contributed by atoms with Crippen LogP contribution in [0.1, 0.15) is 162 Å². The van der Waals surface area contributed by atoms with Gasteiger partial charge in [0.1, 0.15) is 12.7 Å². The molecule has 1 aliphatic carbocycles. The van der Waals surface area contributed by atoms with Crippen LogP contribution in [0.4, 0.5) is 0 Å². The van der Waals surface area contributed by atoms with Crippen molar-refractivity contribution in [1.82, 2.24) is 0 Å². The number of hydrogen-bond donors (Lipinski definition) is 7. The summed E-state index contributed by atoms with van der Waals surface area (Å²) < 4.78 is 47.9. The molecule has 0 radical (unpaired) electrons. The lowest BCUT2D eigenvalue weighted by atomic mass is 9.88. The molecule has 18 heteroatoms. The van der Waals surface area contributed by atoms with E-state index in [4.69, 9.17) is 23.8 Å². The molecule has 1 rings (SSSR count). The predicted molar refractivity (Wildman–Crippen MR) is 255 cm³/mol. The number of carbonyl (C=O) groups excluding carboxylic acids is 2. The summed E-state index contributed by atoms with van der Waals surface area (Å²) >= 11 is 0. The maximum atomic E-state index is 12.7. The van der Waals surface area contributed by atoms with E-state index in [0.717, 1.165) is 77.0 Å². The van der Waals surface area contributed by atoms with Gasteiger partial charge in [0.2, 0.25) is 0 Å². The monoisotopic (exact) mass is 979 g/mol. The van der Waals surface area contributed by atoms with E-state index in [0.29, 0.717) is 32.1 Å².